The molecule has 1 aromatic carbocycles. The van der Waals surface area contributed by atoms with E-state index in [1.807, 2.05) is 0 Å². The van der Waals surface area contributed by atoms with Crippen molar-refractivity contribution in [2.24, 2.45) is 5.92 Å². The van der Waals surface area contributed by atoms with Gasteiger partial charge in [-0.05, 0) is 52.7 Å². The number of carbonyl (C=O) groups excluding carboxylic acids is 1. The molecule has 1 aromatic rings. The molecule has 1 fully saturated rings. The lowest BCUT2D eigenvalue weighted by Crippen LogP contribution is -2.49. The van der Waals surface area contributed by atoms with Crippen molar-refractivity contribution in [3.05, 3.63) is 29.8 Å². The van der Waals surface area contributed by atoms with Gasteiger partial charge in [0.2, 0.25) is 0 Å². The summed E-state index contributed by atoms with van der Waals surface area (Å²) in [7, 11) is -4.34. The Kier molecular flexibility index (Phi) is 6.20. The van der Waals surface area contributed by atoms with E-state index in [0.29, 0.717) is 0 Å². The lowest BCUT2D eigenvalue weighted by molar-refractivity contribution is -0.326. The Labute approximate surface area is 159 Å². The molecule has 0 atom stereocenters. The van der Waals surface area contributed by atoms with Crippen molar-refractivity contribution in [1.29, 1.82) is 0 Å². The van der Waals surface area contributed by atoms with Gasteiger partial charge in [0.05, 0.1) is 4.90 Å². The number of benzene rings is 1. The monoisotopic (exact) mass is 401 g/mol. The number of likely N-dealkylation sites (tertiary alicyclic amines) is 1. The van der Waals surface area contributed by atoms with Crippen LogP contribution in [0.2, 0.25) is 0 Å². The molecule has 1 saturated heterocycles. The lowest BCUT2D eigenvalue weighted by Gasteiger charge is -2.37. The molecule has 0 bridgehead atoms. The zero-order chi connectivity index (χ0) is 20.5. The molecule has 1 amide bonds. The van der Waals surface area contributed by atoms with Gasteiger partial charge >= 0.3 is 16.2 Å². The van der Waals surface area contributed by atoms with Crippen LogP contribution in [0.15, 0.2) is 29.2 Å². The van der Waals surface area contributed by atoms with E-state index in [1.54, 1.807) is 39.8 Å². The van der Waals surface area contributed by atoms with E-state index in [4.69, 9.17) is 8.92 Å². The molecule has 0 saturated carbocycles. The van der Waals surface area contributed by atoms with Crippen LogP contribution in [0.4, 0.5) is 4.79 Å². The first kappa shape index (κ1) is 21.6. The van der Waals surface area contributed by atoms with Crippen molar-refractivity contribution in [3.63, 3.8) is 0 Å². The van der Waals surface area contributed by atoms with Gasteiger partial charge in [0.15, 0.2) is 0 Å². The molecular weight excluding hydrogens is 374 g/mol. The Morgan fingerprint density at radius 3 is 2.11 bits per heavy atom. The number of aryl methyl sites for hydroxylation is 1. The van der Waals surface area contributed by atoms with Crippen LogP contribution in [0.25, 0.3) is 0 Å². The summed E-state index contributed by atoms with van der Waals surface area (Å²) in [4.78, 5) is 13.4. The van der Waals surface area contributed by atoms with Gasteiger partial charge in [-0.2, -0.15) is 8.42 Å². The van der Waals surface area contributed by atoms with Crippen molar-refractivity contribution >= 4 is 16.2 Å². The van der Waals surface area contributed by atoms with E-state index >= 15 is 0 Å². The molecule has 0 radical (unpaired) electrons. The van der Waals surface area contributed by atoms with Crippen LogP contribution in [0, 0.1) is 12.8 Å². The zero-order valence-corrected chi connectivity index (χ0v) is 16.8. The van der Waals surface area contributed by atoms with Gasteiger partial charge < -0.3 is 19.8 Å². The molecular formula is C18H27NO7S. The second-order valence-electron chi connectivity index (χ2n) is 7.75. The quantitative estimate of drug-likeness (QED) is 0.586. The van der Waals surface area contributed by atoms with E-state index in [-0.39, 0.29) is 30.8 Å². The second kappa shape index (κ2) is 7.75. The summed E-state index contributed by atoms with van der Waals surface area (Å²) < 4.78 is 34.6. The molecule has 152 valence electrons. The van der Waals surface area contributed by atoms with Crippen molar-refractivity contribution < 1.29 is 32.3 Å². The Morgan fingerprint density at radius 1 is 1.11 bits per heavy atom. The fourth-order valence-corrected chi connectivity index (χ4v) is 3.77. The highest BCUT2D eigenvalue weighted by molar-refractivity contribution is 7.86. The Bertz CT molecular complexity index is 758. The molecule has 1 aliphatic heterocycles. The minimum absolute atomic E-state index is 0.160. The third kappa shape index (κ3) is 5.90. The smallest absolute Gasteiger partial charge is 0.410 e. The van der Waals surface area contributed by atoms with E-state index < -0.39 is 33.7 Å². The van der Waals surface area contributed by atoms with Gasteiger partial charge in [-0.3, -0.25) is 0 Å². The first-order chi connectivity index (χ1) is 12.3. The zero-order valence-electron chi connectivity index (χ0n) is 16.0. The SMILES string of the molecule is Cc1ccc(S(=O)(=O)OC(O)(O)C2CCN(C(=O)OC(C)(C)C)CC2)cc1. The minimum atomic E-state index is -4.34. The van der Waals surface area contributed by atoms with Gasteiger partial charge in [-0.25, -0.2) is 8.98 Å². The standard InChI is InChI=1S/C18H27NO7S/c1-13-5-7-15(8-6-13)27(23,24)26-18(21,22)14-9-11-19(12-10-14)16(20)25-17(2,3)4/h5-8,14,21-22H,9-12H2,1-4H3. The van der Waals surface area contributed by atoms with E-state index in [1.165, 1.54) is 17.0 Å². The van der Waals surface area contributed by atoms with Crippen LogP contribution >= 0.6 is 0 Å². The molecule has 0 unspecified atom stereocenters. The predicted octanol–water partition coefficient (Wildman–Crippen LogP) is 1.99. The molecule has 0 aliphatic carbocycles. The van der Waals surface area contributed by atoms with Gasteiger partial charge in [-0.1, -0.05) is 17.7 Å². The Morgan fingerprint density at radius 2 is 1.63 bits per heavy atom. The highest BCUT2D eigenvalue weighted by Gasteiger charge is 2.43. The molecule has 2 N–H and O–H groups in total. The molecule has 0 aromatic heterocycles. The molecule has 0 spiro atoms. The number of hydrogen-bond donors (Lipinski definition) is 2. The molecule has 8 nitrogen and oxygen atoms in total. The fourth-order valence-electron chi connectivity index (χ4n) is 2.75. The first-order valence-electron chi connectivity index (χ1n) is 8.75. The number of nitrogens with zero attached hydrogens (tertiary/aromatic N) is 1. The van der Waals surface area contributed by atoms with Gasteiger partial charge in [-0.15, -0.1) is 0 Å². The summed E-state index contributed by atoms with van der Waals surface area (Å²) in [5.74, 6) is -3.72. The molecule has 9 heteroatoms. The van der Waals surface area contributed by atoms with Crippen molar-refractivity contribution in [1.82, 2.24) is 4.90 Å². The highest BCUT2D eigenvalue weighted by atomic mass is 32.2. The number of aliphatic hydroxyl groups is 2. The van der Waals surface area contributed by atoms with Crippen LogP contribution < -0.4 is 0 Å². The van der Waals surface area contributed by atoms with Crippen molar-refractivity contribution in [2.75, 3.05) is 13.1 Å². The van der Waals surface area contributed by atoms with Gasteiger partial charge in [0.1, 0.15) is 5.60 Å². The molecule has 2 rings (SSSR count). The normalized spacial score (nSPS) is 17.0. The number of piperidine rings is 1. The molecule has 1 heterocycles. The number of rotatable bonds is 4. The number of ether oxygens (including phenoxy) is 1. The van der Waals surface area contributed by atoms with Crippen LogP contribution in [-0.4, -0.2) is 54.3 Å². The summed E-state index contributed by atoms with van der Waals surface area (Å²) in [5.41, 5.74) is 0.236. The van der Waals surface area contributed by atoms with E-state index in [9.17, 15) is 23.4 Å². The predicted molar refractivity (Wildman–Crippen MR) is 97.1 cm³/mol. The average molecular weight is 401 g/mol. The first-order valence-corrected chi connectivity index (χ1v) is 10.2. The fraction of sp³-hybridized carbons (Fsp3) is 0.611. The summed E-state index contributed by atoms with van der Waals surface area (Å²) in [6, 6.07) is 5.86. The van der Waals surface area contributed by atoms with Crippen molar-refractivity contribution in [2.45, 2.75) is 57.0 Å². The van der Waals surface area contributed by atoms with Crippen LogP contribution in [0.3, 0.4) is 0 Å². The van der Waals surface area contributed by atoms with Crippen LogP contribution in [-0.2, 0) is 19.0 Å². The summed E-state index contributed by atoms with van der Waals surface area (Å²) in [6.07, 6.45) is -0.165. The maximum atomic E-state index is 12.3. The average Bonchev–Trinajstić information content (AvgIpc) is 2.53. The molecule has 27 heavy (non-hydrogen) atoms. The topological polar surface area (TPSA) is 113 Å². The maximum absolute atomic E-state index is 12.3. The number of amides is 1. The second-order valence-corrected chi connectivity index (χ2v) is 9.30. The van der Waals surface area contributed by atoms with Gasteiger partial charge in [0.25, 0.3) is 5.97 Å². The van der Waals surface area contributed by atoms with Crippen molar-refractivity contribution in [3.8, 4) is 0 Å². The highest BCUT2D eigenvalue weighted by Crippen LogP contribution is 2.31. The van der Waals surface area contributed by atoms with Crippen LogP contribution in [0.1, 0.15) is 39.2 Å². The maximum Gasteiger partial charge on any atom is 0.410 e. The lowest BCUT2D eigenvalue weighted by atomic mass is 9.94. The number of carbonyl (C=O) groups is 1. The third-order valence-corrected chi connectivity index (χ3v) is 5.53. The largest absolute Gasteiger partial charge is 0.444 e. The summed E-state index contributed by atoms with van der Waals surface area (Å²) in [6.45, 7) is 7.49. The summed E-state index contributed by atoms with van der Waals surface area (Å²) in [5, 5.41) is 20.4. The number of hydrogen-bond acceptors (Lipinski definition) is 7. The Hall–Kier alpha value is -1.68. The summed E-state index contributed by atoms with van der Waals surface area (Å²) >= 11 is 0. The minimum Gasteiger partial charge on any atom is -0.444 e. The Balaban J connectivity index is 2.00. The van der Waals surface area contributed by atoms with E-state index in [2.05, 4.69) is 0 Å². The molecule has 1 aliphatic rings. The van der Waals surface area contributed by atoms with E-state index in [0.717, 1.165) is 5.56 Å². The van der Waals surface area contributed by atoms with Crippen LogP contribution in [0.5, 0.6) is 0 Å². The third-order valence-electron chi connectivity index (χ3n) is 4.22. The van der Waals surface area contributed by atoms with Gasteiger partial charge in [0, 0.05) is 19.0 Å².